The number of pyridine rings is 1. The van der Waals surface area contributed by atoms with Crippen LogP contribution in [0.3, 0.4) is 0 Å². The number of carbonyl (C=O) groups is 1. The largest absolute Gasteiger partial charge is 0.493 e. The first-order valence-corrected chi connectivity index (χ1v) is 10.5. The summed E-state index contributed by atoms with van der Waals surface area (Å²) in [4.78, 5) is 25.9. The first kappa shape index (κ1) is 20.9. The van der Waals surface area contributed by atoms with E-state index < -0.39 is 10.0 Å². The molecule has 1 amide bonds. The lowest BCUT2D eigenvalue weighted by Gasteiger charge is -2.34. The van der Waals surface area contributed by atoms with Gasteiger partial charge in [0.15, 0.2) is 11.5 Å². The van der Waals surface area contributed by atoms with Crippen molar-refractivity contribution >= 4 is 15.9 Å². The van der Waals surface area contributed by atoms with Crippen molar-refractivity contribution in [3.63, 3.8) is 0 Å². The molecule has 0 atom stereocenters. The molecule has 1 aromatic heterocycles. The number of nitrogens with zero attached hydrogens (tertiary/aromatic N) is 3. The van der Waals surface area contributed by atoms with Crippen LogP contribution in [0.15, 0.2) is 52.3 Å². The highest BCUT2D eigenvalue weighted by molar-refractivity contribution is 7.89. The highest BCUT2D eigenvalue weighted by Crippen LogP contribution is 2.30. The van der Waals surface area contributed by atoms with Gasteiger partial charge < -0.3 is 18.9 Å². The average molecular weight is 421 g/mol. The summed E-state index contributed by atoms with van der Waals surface area (Å²) in [5.74, 6) is 0.551. The number of carbonyl (C=O) groups excluding carboxylic acids is 1. The predicted molar refractivity (Wildman–Crippen MR) is 106 cm³/mol. The molecule has 0 unspecified atom stereocenters. The van der Waals surface area contributed by atoms with Crippen LogP contribution in [0.4, 0.5) is 0 Å². The molecule has 0 radical (unpaired) electrons. The molecular formula is C19H23N3O6S. The Morgan fingerprint density at radius 2 is 1.69 bits per heavy atom. The van der Waals surface area contributed by atoms with Gasteiger partial charge in [0.2, 0.25) is 15.9 Å². The van der Waals surface area contributed by atoms with E-state index in [0.717, 1.165) is 0 Å². The summed E-state index contributed by atoms with van der Waals surface area (Å²) in [6.45, 7) is 0.792. The molecule has 3 rings (SSSR count). The maximum absolute atomic E-state index is 12.9. The van der Waals surface area contributed by atoms with Gasteiger partial charge in [-0.2, -0.15) is 4.31 Å². The zero-order valence-corrected chi connectivity index (χ0v) is 17.1. The van der Waals surface area contributed by atoms with Crippen LogP contribution in [0.5, 0.6) is 11.5 Å². The van der Waals surface area contributed by atoms with Crippen LogP contribution in [-0.2, 0) is 21.4 Å². The van der Waals surface area contributed by atoms with Gasteiger partial charge in [-0.15, -0.1) is 0 Å². The van der Waals surface area contributed by atoms with Crippen LogP contribution in [0.1, 0.15) is 0 Å². The fraction of sp³-hybridized carbons (Fsp3) is 0.368. The van der Waals surface area contributed by atoms with Gasteiger partial charge in [0.05, 0.1) is 19.1 Å². The van der Waals surface area contributed by atoms with E-state index >= 15 is 0 Å². The Labute approximate surface area is 169 Å². The standard InChI is InChI=1S/C19H23N3O6S/c1-27-16-7-6-15(13-17(16)28-2)29(25,26)22-11-9-20(10-12-22)19(24)14-21-8-4-3-5-18(21)23/h3-8,13H,9-12,14H2,1-2H3. The zero-order valence-electron chi connectivity index (χ0n) is 16.3. The van der Waals surface area contributed by atoms with E-state index in [4.69, 9.17) is 9.47 Å². The van der Waals surface area contributed by atoms with Crippen LogP contribution >= 0.6 is 0 Å². The van der Waals surface area contributed by atoms with Crippen molar-refractivity contribution in [1.82, 2.24) is 13.8 Å². The number of amides is 1. The van der Waals surface area contributed by atoms with E-state index in [-0.39, 0.29) is 49.1 Å². The monoisotopic (exact) mass is 421 g/mol. The Bertz CT molecular complexity index is 1040. The lowest BCUT2D eigenvalue weighted by atomic mass is 10.3. The second-order valence-electron chi connectivity index (χ2n) is 6.47. The number of ether oxygens (including phenoxy) is 2. The second kappa shape index (κ2) is 8.66. The molecule has 156 valence electrons. The van der Waals surface area contributed by atoms with E-state index in [2.05, 4.69) is 0 Å². The first-order chi connectivity index (χ1) is 13.9. The SMILES string of the molecule is COc1ccc(S(=O)(=O)N2CCN(C(=O)Cn3ccccc3=O)CC2)cc1OC. The second-order valence-corrected chi connectivity index (χ2v) is 8.41. The molecule has 0 N–H and O–H groups in total. The van der Waals surface area contributed by atoms with Crippen molar-refractivity contribution in [2.45, 2.75) is 11.4 Å². The highest BCUT2D eigenvalue weighted by Gasteiger charge is 2.30. The highest BCUT2D eigenvalue weighted by atomic mass is 32.2. The number of hydrogen-bond acceptors (Lipinski definition) is 6. The van der Waals surface area contributed by atoms with E-state index in [1.165, 1.54) is 41.3 Å². The molecule has 0 bridgehead atoms. The van der Waals surface area contributed by atoms with Gasteiger partial charge in [0.25, 0.3) is 5.56 Å². The topological polar surface area (TPSA) is 98.2 Å². The van der Waals surface area contributed by atoms with Gasteiger partial charge in [0, 0.05) is 44.5 Å². The van der Waals surface area contributed by atoms with Crippen LogP contribution in [-0.4, -0.2) is 68.5 Å². The average Bonchev–Trinajstić information content (AvgIpc) is 2.74. The number of methoxy groups -OCH3 is 2. The minimum Gasteiger partial charge on any atom is -0.493 e. The van der Waals surface area contributed by atoms with E-state index in [9.17, 15) is 18.0 Å². The van der Waals surface area contributed by atoms with Crippen LogP contribution in [0.2, 0.25) is 0 Å². The van der Waals surface area contributed by atoms with Gasteiger partial charge in [-0.25, -0.2) is 8.42 Å². The number of benzene rings is 1. The third-order valence-electron chi connectivity index (χ3n) is 4.79. The molecule has 1 fully saturated rings. The van der Waals surface area contributed by atoms with Gasteiger partial charge in [-0.05, 0) is 18.2 Å². The Morgan fingerprint density at radius 1 is 1.00 bits per heavy atom. The molecule has 2 aromatic rings. The number of aromatic nitrogens is 1. The van der Waals surface area contributed by atoms with Gasteiger partial charge >= 0.3 is 0 Å². The summed E-state index contributed by atoms with van der Waals surface area (Å²) in [5, 5.41) is 0. The molecule has 1 aromatic carbocycles. The van der Waals surface area contributed by atoms with Gasteiger partial charge in [0.1, 0.15) is 6.54 Å². The number of hydrogen-bond donors (Lipinski definition) is 0. The lowest BCUT2D eigenvalue weighted by molar-refractivity contribution is -0.133. The summed E-state index contributed by atoms with van der Waals surface area (Å²) in [5.41, 5.74) is -0.254. The molecular weight excluding hydrogens is 398 g/mol. The zero-order chi connectivity index (χ0) is 21.0. The normalized spacial score (nSPS) is 15.2. The quantitative estimate of drug-likeness (QED) is 0.670. The predicted octanol–water partition coefficient (Wildman–Crippen LogP) is 0.399. The molecule has 1 aliphatic heterocycles. The van der Waals surface area contributed by atoms with Crippen molar-refractivity contribution < 1.29 is 22.7 Å². The maximum Gasteiger partial charge on any atom is 0.250 e. The Balaban J connectivity index is 1.67. The van der Waals surface area contributed by atoms with Crippen LogP contribution in [0, 0.1) is 0 Å². The van der Waals surface area contributed by atoms with Crippen LogP contribution < -0.4 is 15.0 Å². The Hall–Kier alpha value is -2.85. The third kappa shape index (κ3) is 4.43. The van der Waals surface area contributed by atoms with Crippen molar-refractivity contribution in [1.29, 1.82) is 0 Å². The Kier molecular flexibility index (Phi) is 6.23. The first-order valence-electron chi connectivity index (χ1n) is 9.02. The molecule has 0 aliphatic carbocycles. The third-order valence-corrected chi connectivity index (χ3v) is 6.68. The van der Waals surface area contributed by atoms with Crippen molar-refractivity contribution in [3.05, 3.63) is 52.9 Å². The molecule has 0 spiro atoms. The number of piperazine rings is 1. The molecule has 1 saturated heterocycles. The fourth-order valence-electron chi connectivity index (χ4n) is 3.14. The Morgan fingerprint density at radius 3 is 2.31 bits per heavy atom. The summed E-state index contributed by atoms with van der Waals surface area (Å²) in [6.07, 6.45) is 1.55. The van der Waals surface area contributed by atoms with Gasteiger partial charge in [-0.3, -0.25) is 9.59 Å². The lowest BCUT2D eigenvalue weighted by Crippen LogP contribution is -2.51. The van der Waals surface area contributed by atoms with Crippen molar-refractivity contribution in [3.8, 4) is 11.5 Å². The molecule has 10 heteroatoms. The molecule has 29 heavy (non-hydrogen) atoms. The van der Waals surface area contributed by atoms with Crippen molar-refractivity contribution in [2.24, 2.45) is 0 Å². The summed E-state index contributed by atoms with van der Waals surface area (Å²) < 4.78 is 38.9. The maximum atomic E-state index is 12.9. The number of sulfonamides is 1. The molecule has 9 nitrogen and oxygen atoms in total. The minimum absolute atomic E-state index is 0.0674. The van der Waals surface area contributed by atoms with E-state index in [1.807, 2.05) is 0 Å². The van der Waals surface area contributed by atoms with E-state index in [1.54, 1.807) is 29.3 Å². The number of rotatable bonds is 6. The van der Waals surface area contributed by atoms with Crippen molar-refractivity contribution in [2.75, 3.05) is 40.4 Å². The fourth-order valence-corrected chi connectivity index (χ4v) is 4.58. The summed E-state index contributed by atoms with van der Waals surface area (Å²) in [6, 6.07) is 9.12. The summed E-state index contributed by atoms with van der Waals surface area (Å²) >= 11 is 0. The van der Waals surface area contributed by atoms with Crippen LogP contribution in [0.25, 0.3) is 0 Å². The molecule has 2 heterocycles. The van der Waals surface area contributed by atoms with E-state index in [0.29, 0.717) is 11.5 Å². The molecule has 0 saturated carbocycles. The molecule has 1 aliphatic rings. The minimum atomic E-state index is -3.73. The smallest absolute Gasteiger partial charge is 0.250 e. The van der Waals surface area contributed by atoms with Gasteiger partial charge in [-0.1, -0.05) is 6.07 Å². The summed E-state index contributed by atoms with van der Waals surface area (Å²) in [7, 11) is -0.811.